The lowest BCUT2D eigenvalue weighted by molar-refractivity contribution is 0.0987. The minimum atomic E-state index is 0.0972. The molecule has 0 spiro atoms. The average molecular weight is 457 g/mol. The van der Waals surface area contributed by atoms with Crippen molar-refractivity contribution in [1.82, 2.24) is 10.1 Å². The Morgan fingerprint density at radius 1 is 1.19 bits per heavy atom. The Morgan fingerprint density at radius 2 is 2.00 bits per heavy atom. The fraction of sp³-hybridized carbons (Fsp3) is 0.440. The van der Waals surface area contributed by atoms with E-state index in [0.29, 0.717) is 41.0 Å². The van der Waals surface area contributed by atoms with Gasteiger partial charge in [0.2, 0.25) is 0 Å². The quantitative estimate of drug-likeness (QED) is 0.302. The number of hydrogen-bond acceptors (Lipinski definition) is 6. The summed E-state index contributed by atoms with van der Waals surface area (Å²) in [5.74, 6) is 1.77. The van der Waals surface area contributed by atoms with Crippen LogP contribution in [0.3, 0.4) is 0 Å². The number of carbonyl (C=O) groups excluding carboxylic acids is 1. The number of piperidine rings is 1. The number of hydrogen-bond donors (Lipinski definition) is 0. The molecule has 170 valence electrons. The average Bonchev–Trinajstić information content (AvgIpc) is 3.24. The van der Waals surface area contributed by atoms with Gasteiger partial charge in [-0.25, -0.2) is 0 Å². The Hall–Kier alpha value is -2.57. The third-order valence-corrected chi connectivity index (χ3v) is 6.35. The van der Waals surface area contributed by atoms with Gasteiger partial charge in [-0.15, -0.1) is 0 Å². The molecule has 1 fully saturated rings. The normalized spacial score (nSPS) is 15.2. The first-order valence-corrected chi connectivity index (χ1v) is 11.6. The Kier molecular flexibility index (Phi) is 7.33. The van der Waals surface area contributed by atoms with E-state index >= 15 is 0 Å². The van der Waals surface area contributed by atoms with Crippen LogP contribution >= 0.6 is 11.6 Å². The summed E-state index contributed by atoms with van der Waals surface area (Å²) in [5, 5.41) is 6.07. The summed E-state index contributed by atoms with van der Waals surface area (Å²) >= 11 is 6.16. The molecule has 0 atom stereocenters. The summed E-state index contributed by atoms with van der Waals surface area (Å²) in [6, 6.07) is 11.0. The summed E-state index contributed by atoms with van der Waals surface area (Å²) in [7, 11) is 1.60. The van der Waals surface area contributed by atoms with E-state index in [4.69, 9.17) is 25.6 Å². The summed E-state index contributed by atoms with van der Waals surface area (Å²) in [6.45, 7) is 5.48. The molecule has 1 aromatic heterocycles. The van der Waals surface area contributed by atoms with Crippen LogP contribution in [0, 0.1) is 0 Å². The van der Waals surface area contributed by atoms with E-state index in [1.165, 1.54) is 0 Å². The molecule has 0 unspecified atom stereocenters. The summed E-state index contributed by atoms with van der Waals surface area (Å²) in [4.78, 5) is 14.4. The zero-order valence-electron chi connectivity index (χ0n) is 18.6. The van der Waals surface area contributed by atoms with Crippen molar-refractivity contribution in [3.05, 3.63) is 52.7 Å². The number of aromatic nitrogens is 1. The van der Waals surface area contributed by atoms with Crippen LogP contribution in [0.1, 0.15) is 54.6 Å². The first-order chi connectivity index (χ1) is 15.6. The van der Waals surface area contributed by atoms with Gasteiger partial charge < -0.3 is 18.9 Å². The number of nitrogens with zero attached hydrogens (tertiary/aromatic N) is 2. The van der Waals surface area contributed by atoms with E-state index in [0.717, 1.165) is 55.6 Å². The van der Waals surface area contributed by atoms with Crippen molar-refractivity contribution in [1.29, 1.82) is 0 Å². The highest BCUT2D eigenvalue weighted by molar-refractivity contribution is 6.31. The van der Waals surface area contributed by atoms with Gasteiger partial charge >= 0.3 is 0 Å². The second-order valence-electron chi connectivity index (χ2n) is 8.17. The van der Waals surface area contributed by atoms with Gasteiger partial charge in [0.05, 0.1) is 19.4 Å². The maximum absolute atomic E-state index is 11.9. The minimum absolute atomic E-state index is 0.0972. The molecule has 1 aliphatic rings. The molecule has 0 amide bonds. The number of likely N-dealkylation sites (tertiary alicyclic amines) is 1. The van der Waals surface area contributed by atoms with E-state index in [9.17, 15) is 4.79 Å². The summed E-state index contributed by atoms with van der Waals surface area (Å²) < 4.78 is 16.8. The number of benzene rings is 2. The van der Waals surface area contributed by atoms with Gasteiger partial charge in [-0.05, 0) is 68.8 Å². The number of Topliss-reactive ketones (excluding diaryl/α,β-unsaturated/α-hetero) is 1. The maximum atomic E-state index is 11.9. The van der Waals surface area contributed by atoms with Crippen LogP contribution in [-0.2, 0) is 0 Å². The Morgan fingerprint density at radius 3 is 2.75 bits per heavy atom. The Labute approximate surface area is 193 Å². The maximum Gasteiger partial charge on any atom is 0.167 e. The highest BCUT2D eigenvalue weighted by atomic mass is 35.5. The van der Waals surface area contributed by atoms with Crippen LogP contribution in [0.2, 0.25) is 5.02 Å². The number of ether oxygens (including phenoxy) is 2. The van der Waals surface area contributed by atoms with Crippen molar-refractivity contribution in [2.45, 2.75) is 38.5 Å². The topological polar surface area (TPSA) is 64.8 Å². The van der Waals surface area contributed by atoms with Crippen LogP contribution in [0.5, 0.6) is 11.5 Å². The van der Waals surface area contributed by atoms with Crippen molar-refractivity contribution in [2.75, 3.05) is 33.4 Å². The number of fused-ring (bicyclic) bond motifs is 1. The smallest absolute Gasteiger partial charge is 0.167 e. The number of rotatable bonds is 9. The van der Waals surface area contributed by atoms with Gasteiger partial charge in [-0.1, -0.05) is 23.7 Å². The molecule has 0 bridgehead atoms. The minimum Gasteiger partial charge on any atom is -0.493 e. The second-order valence-corrected chi connectivity index (χ2v) is 8.61. The lowest BCUT2D eigenvalue weighted by atomic mass is 9.91. The molecule has 6 nitrogen and oxygen atoms in total. The van der Waals surface area contributed by atoms with Crippen molar-refractivity contribution in [3.8, 4) is 11.5 Å². The SMILES string of the molecule is CCC(=O)c1ccc(OCCCN2CCC(c3noc4ccc(Cl)cc34)CC2)c(OC)c1. The Bertz CT molecular complexity index is 1070. The van der Waals surface area contributed by atoms with Crippen molar-refractivity contribution in [3.63, 3.8) is 0 Å². The van der Waals surface area contributed by atoms with Crippen LogP contribution in [-0.4, -0.2) is 49.2 Å². The largest absolute Gasteiger partial charge is 0.493 e. The fourth-order valence-electron chi connectivity index (χ4n) is 4.29. The lowest BCUT2D eigenvalue weighted by Crippen LogP contribution is -2.34. The van der Waals surface area contributed by atoms with Crippen molar-refractivity contribution >= 4 is 28.4 Å². The highest BCUT2D eigenvalue weighted by Crippen LogP contribution is 2.34. The first kappa shape index (κ1) is 22.6. The van der Waals surface area contributed by atoms with Gasteiger partial charge in [0.1, 0.15) is 0 Å². The van der Waals surface area contributed by atoms with E-state index in [1.807, 2.05) is 31.2 Å². The van der Waals surface area contributed by atoms with Gasteiger partial charge in [-0.3, -0.25) is 4.79 Å². The fourth-order valence-corrected chi connectivity index (χ4v) is 4.46. The first-order valence-electron chi connectivity index (χ1n) is 11.2. The number of ketones is 1. The van der Waals surface area contributed by atoms with E-state index in [2.05, 4.69) is 10.1 Å². The monoisotopic (exact) mass is 456 g/mol. The predicted molar refractivity (Wildman–Crippen MR) is 125 cm³/mol. The lowest BCUT2D eigenvalue weighted by Gasteiger charge is -2.31. The molecule has 0 N–H and O–H groups in total. The molecule has 2 heterocycles. The van der Waals surface area contributed by atoms with E-state index in [-0.39, 0.29) is 5.78 Å². The zero-order chi connectivity index (χ0) is 22.5. The van der Waals surface area contributed by atoms with Crippen molar-refractivity contribution in [2.24, 2.45) is 0 Å². The van der Waals surface area contributed by atoms with Gasteiger partial charge in [0.15, 0.2) is 22.9 Å². The van der Waals surface area contributed by atoms with Crippen LogP contribution in [0.4, 0.5) is 0 Å². The van der Waals surface area contributed by atoms with Gasteiger partial charge in [0, 0.05) is 34.9 Å². The number of halogens is 1. The molecule has 1 aliphatic heterocycles. The van der Waals surface area contributed by atoms with Crippen LogP contribution < -0.4 is 9.47 Å². The molecule has 2 aromatic carbocycles. The van der Waals surface area contributed by atoms with Crippen LogP contribution in [0.15, 0.2) is 40.9 Å². The molecule has 0 saturated carbocycles. The van der Waals surface area contributed by atoms with E-state index in [1.54, 1.807) is 19.2 Å². The number of carbonyl (C=O) groups is 1. The second kappa shape index (κ2) is 10.4. The Balaban J connectivity index is 1.24. The third kappa shape index (κ3) is 5.08. The molecular formula is C25H29ClN2O4. The van der Waals surface area contributed by atoms with Crippen molar-refractivity contribution < 1.29 is 18.8 Å². The highest BCUT2D eigenvalue weighted by Gasteiger charge is 2.25. The molecule has 0 aliphatic carbocycles. The van der Waals surface area contributed by atoms with Gasteiger partial charge in [-0.2, -0.15) is 0 Å². The summed E-state index contributed by atoms with van der Waals surface area (Å²) in [6.07, 6.45) is 3.50. The molecule has 4 rings (SSSR count). The molecule has 7 heteroatoms. The third-order valence-electron chi connectivity index (χ3n) is 6.12. The molecule has 3 aromatic rings. The summed E-state index contributed by atoms with van der Waals surface area (Å²) in [5.41, 5.74) is 2.48. The van der Waals surface area contributed by atoms with E-state index < -0.39 is 0 Å². The zero-order valence-corrected chi connectivity index (χ0v) is 19.4. The van der Waals surface area contributed by atoms with Gasteiger partial charge in [0.25, 0.3) is 0 Å². The van der Waals surface area contributed by atoms with Crippen LogP contribution in [0.25, 0.3) is 11.0 Å². The molecular weight excluding hydrogens is 428 g/mol. The molecule has 0 radical (unpaired) electrons. The molecule has 32 heavy (non-hydrogen) atoms. The number of methoxy groups -OCH3 is 1. The predicted octanol–water partition coefficient (Wildman–Crippen LogP) is 5.73. The molecule has 1 saturated heterocycles. The standard InChI is InChI=1S/C25H29ClN2O4/c1-3-21(29)18-5-7-23(24(15-18)30-2)31-14-4-11-28-12-9-17(10-13-28)25-20-16-19(26)6-8-22(20)32-27-25/h5-8,15-17H,3-4,9-14H2,1-2H3.